The third kappa shape index (κ3) is 5.16. The number of nitrogens with one attached hydrogen (secondary N) is 2. The van der Waals surface area contributed by atoms with Gasteiger partial charge in [-0.05, 0) is 37.1 Å². The Labute approximate surface area is 210 Å². The van der Waals surface area contributed by atoms with Gasteiger partial charge in [0, 0.05) is 30.3 Å². The van der Waals surface area contributed by atoms with E-state index in [-0.39, 0.29) is 6.10 Å². The molecule has 0 spiro atoms. The average molecular weight is 508 g/mol. The summed E-state index contributed by atoms with van der Waals surface area (Å²) in [5.41, 5.74) is 3.04. The third-order valence-electron chi connectivity index (χ3n) is 5.78. The first kappa shape index (κ1) is 23.8. The van der Waals surface area contributed by atoms with Crippen LogP contribution in [-0.2, 0) is 4.74 Å². The largest absolute Gasteiger partial charge is 0.462 e. The summed E-state index contributed by atoms with van der Waals surface area (Å²) in [5, 5.41) is 27.5. The van der Waals surface area contributed by atoms with Crippen LogP contribution in [0, 0.1) is 6.92 Å². The van der Waals surface area contributed by atoms with E-state index in [9.17, 15) is 9.90 Å². The second-order valence-electron chi connectivity index (χ2n) is 8.26. The van der Waals surface area contributed by atoms with Crippen molar-refractivity contribution in [3.63, 3.8) is 0 Å². The fourth-order valence-corrected chi connectivity index (χ4v) is 4.76. The number of anilines is 3. The predicted molar refractivity (Wildman–Crippen MR) is 134 cm³/mol. The maximum atomic E-state index is 12.2. The molecule has 3 aromatic heterocycles. The molecule has 3 N–H and O–H groups in total. The van der Waals surface area contributed by atoms with Gasteiger partial charge in [0.1, 0.15) is 10.7 Å². The van der Waals surface area contributed by atoms with Gasteiger partial charge in [-0.15, -0.1) is 5.10 Å². The summed E-state index contributed by atoms with van der Waals surface area (Å²) >= 11 is 1.20. The molecule has 1 aliphatic heterocycles. The van der Waals surface area contributed by atoms with Crippen LogP contribution < -0.4 is 10.2 Å². The van der Waals surface area contributed by atoms with Crippen LogP contribution in [0.1, 0.15) is 35.1 Å². The van der Waals surface area contributed by atoms with Gasteiger partial charge < -0.3 is 14.7 Å². The van der Waals surface area contributed by atoms with Gasteiger partial charge in [0.05, 0.1) is 24.1 Å². The minimum absolute atomic E-state index is 0.294. The Balaban J connectivity index is 1.47. The molecule has 0 atom stereocenters. The van der Waals surface area contributed by atoms with Crippen molar-refractivity contribution < 1.29 is 14.6 Å². The highest BCUT2D eigenvalue weighted by Crippen LogP contribution is 2.30. The summed E-state index contributed by atoms with van der Waals surface area (Å²) in [7, 11) is 0. The van der Waals surface area contributed by atoms with Crippen LogP contribution in [0.3, 0.4) is 0 Å². The normalized spacial score (nSPS) is 14.1. The SMILES string of the molecule is CCOC(=O)c1sc(Nc2nc(-c3ccc(-c4nnn[nH]4)cc3)cc(N3CCC(O)CC3)n2)nc1C. The van der Waals surface area contributed by atoms with Crippen LogP contribution in [0.4, 0.5) is 16.9 Å². The Morgan fingerprint density at radius 3 is 2.64 bits per heavy atom. The highest BCUT2D eigenvalue weighted by Gasteiger charge is 2.21. The molecule has 0 amide bonds. The number of hydrogen-bond acceptors (Lipinski definition) is 12. The molecule has 1 fully saturated rings. The van der Waals surface area contributed by atoms with Gasteiger partial charge in [0.15, 0.2) is 11.0 Å². The summed E-state index contributed by atoms with van der Waals surface area (Å²) in [6.07, 6.45) is 1.06. The zero-order valence-corrected chi connectivity index (χ0v) is 20.6. The van der Waals surface area contributed by atoms with Crippen molar-refractivity contribution in [2.45, 2.75) is 32.8 Å². The van der Waals surface area contributed by atoms with Crippen molar-refractivity contribution in [2.24, 2.45) is 0 Å². The molecule has 0 saturated carbocycles. The summed E-state index contributed by atoms with van der Waals surface area (Å²) in [4.78, 5) is 28.7. The second kappa shape index (κ2) is 10.3. The zero-order valence-electron chi connectivity index (χ0n) is 19.8. The molecule has 13 heteroatoms. The number of aliphatic hydroxyl groups is 1. The molecule has 1 saturated heterocycles. The number of H-pyrrole nitrogens is 1. The summed E-state index contributed by atoms with van der Waals surface area (Å²) in [6, 6.07) is 9.66. The zero-order chi connectivity index (χ0) is 25.1. The van der Waals surface area contributed by atoms with E-state index in [1.807, 2.05) is 30.3 Å². The van der Waals surface area contributed by atoms with Crippen LogP contribution in [0.5, 0.6) is 0 Å². The minimum Gasteiger partial charge on any atom is -0.462 e. The third-order valence-corrected chi connectivity index (χ3v) is 6.83. The van der Waals surface area contributed by atoms with Crippen LogP contribution in [0.15, 0.2) is 30.3 Å². The molecule has 0 unspecified atom stereocenters. The number of rotatable bonds is 7. The van der Waals surface area contributed by atoms with Crippen LogP contribution >= 0.6 is 11.3 Å². The highest BCUT2D eigenvalue weighted by molar-refractivity contribution is 7.17. The van der Waals surface area contributed by atoms with E-state index < -0.39 is 5.97 Å². The Bertz CT molecular complexity index is 1330. The van der Waals surface area contributed by atoms with Crippen molar-refractivity contribution in [3.05, 3.63) is 40.9 Å². The number of ether oxygens (including phenoxy) is 1. The maximum Gasteiger partial charge on any atom is 0.350 e. The number of benzene rings is 1. The van der Waals surface area contributed by atoms with E-state index in [0.29, 0.717) is 60.0 Å². The Hall–Kier alpha value is -3.97. The molecule has 4 heterocycles. The summed E-state index contributed by atoms with van der Waals surface area (Å²) in [6.45, 7) is 5.21. The van der Waals surface area contributed by atoms with Crippen molar-refractivity contribution >= 4 is 34.2 Å². The number of tetrazole rings is 1. The molecule has 36 heavy (non-hydrogen) atoms. The molecule has 0 bridgehead atoms. The molecule has 12 nitrogen and oxygen atoms in total. The van der Waals surface area contributed by atoms with Gasteiger partial charge >= 0.3 is 5.97 Å². The predicted octanol–water partition coefficient (Wildman–Crippen LogP) is 2.97. The maximum absolute atomic E-state index is 12.2. The van der Waals surface area contributed by atoms with E-state index in [2.05, 4.69) is 35.8 Å². The van der Waals surface area contributed by atoms with Gasteiger partial charge in [0.2, 0.25) is 5.95 Å². The number of carbonyl (C=O) groups is 1. The van der Waals surface area contributed by atoms with Gasteiger partial charge in [0.25, 0.3) is 0 Å². The van der Waals surface area contributed by atoms with E-state index in [0.717, 1.165) is 22.6 Å². The van der Waals surface area contributed by atoms with E-state index in [1.54, 1.807) is 13.8 Å². The lowest BCUT2D eigenvalue weighted by atomic mass is 10.1. The van der Waals surface area contributed by atoms with Crippen LogP contribution in [0.25, 0.3) is 22.6 Å². The Morgan fingerprint density at radius 1 is 1.19 bits per heavy atom. The van der Waals surface area contributed by atoms with Crippen molar-refractivity contribution in [3.8, 4) is 22.6 Å². The molecule has 4 aromatic rings. The van der Waals surface area contributed by atoms with Crippen LogP contribution in [-0.4, -0.2) is 72.5 Å². The van der Waals surface area contributed by atoms with Crippen molar-refractivity contribution in [2.75, 3.05) is 29.9 Å². The number of aromatic nitrogens is 7. The fraction of sp³-hybridized carbons (Fsp3) is 0.348. The number of aryl methyl sites for hydroxylation is 1. The summed E-state index contributed by atoms with van der Waals surface area (Å²) < 4.78 is 5.12. The second-order valence-corrected chi connectivity index (χ2v) is 9.26. The van der Waals surface area contributed by atoms with Crippen molar-refractivity contribution in [1.82, 2.24) is 35.6 Å². The number of nitrogens with zero attached hydrogens (tertiary/aromatic N) is 7. The number of carbonyl (C=O) groups excluding carboxylic acids is 1. The first-order chi connectivity index (χ1) is 17.5. The topological polar surface area (TPSA) is 155 Å². The molecular weight excluding hydrogens is 482 g/mol. The molecule has 1 aliphatic rings. The molecule has 186 valence electrons. The molecule has 5 rings (SSSR count). The monoisotopic (exact) mass is 507 g/mol. The Morgan fingerprint density at radius 2 is 1.94 bits per heavy atom. The summed E-state index contributed by atoms with van der Waals surface area (Å²) in [5.74, 6) is 1.29. The molecule has 0 aliphatic carbocycles. The smallest absolute Gasteiger partial charge is 0.350 e. The number of esters is 1. The number of aliphatic hydroxyl groups excluding tert-OH is 1. The Kier molecular flexibility index (Phi) is 6.82. The number of aromatic amines is 1. The molecule has 1 aromatic carbocycles. The number of thiazole rings is 1. The van der Waals surface area contributed by atoms with Gasteiger partial charge in [-0.25, -0.2) is 19.9 Å². The van der Waals surface area contributed by atoms with Gasteiger partial charge in [-0.3, -0.25) is 5.32 Å². The minimum atomic E-state index is -0.398. The highest BCUT2D eigenvalue weighted by atomic mass is 32.1. The number of hydrogen-bond donors (Lipinski definition) is 3. The first-order valence-electron chi connectivity index (χ1n) is 11.6. The fourth-order valence-electron chi connectivity index (χ4n) is 3.91. The first-order valence-corrected chi connectivity index (χ1v) is 12.4. The molecule has 0 radical (unpaired) electrons. The molecular formula is C23H25N9O3S. The van der Waals surface area contributed by atoms with Gasteiger partial charge in [-0.2, -0.15) is 4.98 Å². The van der Waals surface area contributed by atoms with Crippen LogP contribution in [0.2, 0.25) is 0 Å². The van der Waals surface area contributed by atoms with E-state index in [4.69, 9.17) is 14.7 Å². The quantitative estimate of drug-likeness (QED) is 0.316. The lowest BCUT2D eigenvalue weighted by molar-refractivity contribution is 0.0531. The van der Waals surface area contributed by atoms with Gasteiger partial charge in [-0.1, -0.05) is 35.6 Å². The lowest BCUT2D eigenvalue weighted by Gasteiger charge is -2.30. The lowest BCUT2D eigenvalue weighted by Crippen LogP contribution is -2.36. The van der Waals surface area contributed by atoms with E-state index in [1.165, 1.54) is 11.3 Å². The van der Waals surface area contributed by atoms with Crippen molar-refractivity contribution in [1.29, 1.82) is 0 Å². The van der Waals surface area contributed by atoms with E-state index >= 15 is 0 Å². The standard InChI is InChI=1S/C23H25N9O3S/c1-3-35-21(34)19-13(2)24-23(36-19)27-22-25-17(12-18(26-22)32-10-8-16(33)9-11-32)14-4-6-15(7-5-14)20-28-30-31-29-20/h4-7,12,16,33H,3,8-11H2,1-2H3,(H,24,25,26,27)(H,28,29,30,31). The average Bonchev–Trinajstić information content (AvgIpc) is 3.55. The number of piperidine rings is 1.